The Kier molecular flexibility index (Phi) is 6.53. The maximum atomic E-state index is 13.9. The zero-order valence-corrected chi connectivity index (χ0v) is 18.1. The molecule has 0 saturated carbocycles. The van der Waals surface area contributed by atoms with Gasteiger partial charge in [0.1, 0.15) is 11.6 Å². The van der Waals surface area contributed by atoms with Crippen molar-refractivity contribution >= 4 is 40.8 Å². The van der Waals surface area contributed by atoms with Crippen LogP contribution in [0.3, 0.4) is 0 Å². The van der Waals surface area contributed by atoms with E-state index in [1.54, 1.807) is 6.20 Å². The van der Waals surface area contributed by atoms with Crippen molar-refractivity contribution in [2.24, 2.45) is 0 Å². The van der Waals surface area contributed by atoms with Gasteiger partial charge in [-0.1, -0.05) is 30.1 Å². The highest BCUT2D eigenvalue weighted by molar-refractivity contribution is 7.99. The molecule has 0 radical (unpaired) electrons. The van der Waals surface area contributed by atoms with Crippen molar-refractivity contribution < 1.29 is 4.39 Å². The summed E-state index contributed by atoms with van der Waals surface area (Å²) in [6, 6.07) is 5.08. The zero-order valence-electron chi connectivity index (χ0n) is 15.8. The largest absolute Gasteiger partial charge is 0.383 e. The molecule has 2 atom stereocenters. The van der Waals surface area contributed by atoms with E-state index in [0.717, 1.165) is 22.6 Å². The number of hydrogen-bond donors (Lipinski definition) is 1. The predicted octanol–water partition coefficient (Wildman–Crippen LogP) is 6.80. The summed E-state index contributed by atoms with van der Waals surface area (Å²) >= 11 is 13.8. The third kappa shape index (κ3) is 4.29. The van der Waals surface area contributed by atoms with Crippen LogP contribution >= 0.6 is 35.0 Å². The lowest BCUT2D eigenvalue weighted by molar-refractivity contribution is 0.530. The van der Waals surface area contributed by atoms with Gasteiger partial charge < -0.3 is 10.3 Å². The summed E-state index contributed by atoms with van der Waals surface area (Å²) in [5, 5.41) is 0.233. The number of nitrogens with two attached hydrogens (primary N) is 1. The van der Waals surface area contributed by atoms with Crippen LogP contribution in [0.15, 0.2) is 41.8 Å². The number of halogens is 3. The lowest BCUT2D eigenvalue weighted by atomic mass is 10.1. The lowest BCUT2D eigenvalue weighted by Crippen LogP contribution is -2.00. The molecule has 0 aliphatic rings. The molecular formula is C20H21Cl2FN4S. The second kappa shape index (κ2) is 8.72. The summed E-state index contributed by atoms with van der Waals surface area (Å²) in [4.78, 5) is 9.55. The van der Waals surface area contributed by atoms with Crippen molar-refractivity contribution in [1.29, 1.82) is 0 Å². The first-order valence-electron chi connectivity index (χ1n) is 8.91. The minimum absolute atomic E-state index is 0.0301. The van der Waals surface area contributed by atoms with Crippen LogP contribution in [0.25, 0.3) is 11.3 Å². The molecule has 2 aromatic heterocycles. The second-order valence-electron chi connectivity index (χ2n) is 6.59. The van der Waals surface area contributed by atoms with Gasteiger partial charge >= 0.3 is 0 Å². The number of rotatable bonds is 6. The molecule has 2 heterocycles. The van der Waals surface area contributed by atoms with Crippen LogP contribution in [0.4, 0.5) is 10.2 Å². The van der Waals surface area contributed by atoms with Crippen molar-refractivity contribution in [3.63, 3.8) is 0 Å². The molecule has 0 fully saturated rings. The molecule has 0 bridgehead atoms. The van der Waals surface area contributed by atoms with E-state index in [0.29, 0.717) is 22.4 Å². The highest BCUT2D eigenvalue weighted by Gasteiger charge is 2.20. The zero-order chi connectivity index (χ0) is 20.4. The van der Waals surface area contributed by atoms with Crippen LogP contribution in [0, 0.1) is 5.82 Å². The molecule has 1 aromatic carbocycles. The molecular weight excluding hydrogens is 418 g/mol. The number of imidazole rings is 1. The fraction of sp³-hybridized carbons (Fsp3) is 0.300. The minimum Gasteiger partial charge on any atom is -0.383 e. The van der Waals surface area contributed by atoms with Crippen LogP contribution in [0.5, 0.6) is 0 Å². The van der Waals surface area contributed by atoms with Gasteiger partial charge in [0.15, 0.2) is 0 Å². The molecule has 2 N–H and O–H groups in total. The Hall–Kier alpha value is -1.76. The third-order valence-electron chi connectivity index (χ3n) is 4.67. The minimum atomic E-state index is -0.496. The van der Waals surface area contributed by atoms with E-state index in [1.807, 2.05) is 25.5 Å². The Balaban J connectivity index is 1.90. The van der Waals surface area contributed by atoms with Crippen LogP contribution in [-0.4, -0.2) is 14.5 Å². The van der Waals surface area contributed by atoms with Crippen LogP contribution in [0.2, 0.25) is 10.0 Å². The van der Waals surface area contributed by atoms with Gasteiger partial charge in [-0.15, -0.1) is 11.8 Å². The number of anilines is 1. The fourth-order valence-corrected chi connectivity index (χ4v) is 4.73. The number of hydrogen-bond acceptors (Lipinski definition) is 4. The fourth-order valence-electron chi connectivity index (χ4n) is 2.79. The van der Waals surface area contributed by atoms with Crippen molar-refractivity contribution in [3.8, 4) is 11.3 Å². The molecule has 148 valence electrons. The average molecular weight is 439 g/mol. The first-order valence-corrected chi connectivity index (χ1v) is 10.5. The lowest BCUT2D eigenvalue weighted by Gasteiger charge is -2.16. The third-order valence-corrected chi connectivity index (χ3v) is 6.55. The Morgan fingerprint density at radius 2 is 2.00 bits per heavy atom. The van der Waals surface area contributed by atoms with Gasteiger partial charge in [-0.25, -0.2) is 14.4 Å². The number of pyridine rings is 1. The smallest absolute Gasteiger partial charge is 0.142 e. The van der Waals surface area contributed by atoms with E-state index in [-0.39, 0.29) is 10.3 Å². The SMILES string of the molecule is CCC(C)n1cnc(-c2cnc(N)c(SC(C)c3c(Cl)ccc(F)c3Cl)c2)c1. The van der Waals surface area contributed by atoms with E-state index in [9.17, 15) is 4.39 Å². The van der Waals surface area contributed by atoms with Crippen molar-refractivity contribution in [2.45, 2.75) is 43.4 Å². The molecule has 0 aliphatic carbocycles. The summed E-state index contributed by atoms with van der Waals surface area (Å²) in [7, 11) is 0. The summed E-state index contributed by atoms with van der Waals surface area (Å²) in [6.45, 7) is 6.18. The molecule has 8 heteroatoms. The predicted molar refractivity (Wildman–Crippen MR) is 116 cm³/mol. The van der Waals surface area contributed by atoms with Crippen molar-refractivity contribution in [3.05, 3.63) is 58.3 Å². The van der Waals surface area contributed by atoms with Gasteiger partial charge in [-0.2, -0.15) is 0 Å². The van der Waals surface area contributed by atoms with Gasteiger partial charge in [0.25, 0.3) is 0 Å². The van der Waals surface area contributed by atoms with Gasteiger partial charge in [-0.05, 0) is 38.5 Å². The van der Waals surface area contributed by atoms with Crippen molar-refractivity contribution in [2.75, 3.05) is 5.73 Å². The molecule has 4 nitrogen and oxygen atoms in total. The molecule has 3 aromatic rings. The molecule has 0 saturated heterocycles. The Labute approximate surface area is 178 Å². The second-order valence-corrected chi connectivity index (χ2v) is 8.76. The Morgan fingerprint density at radius 1 is 1.25 bits per heavy atom. The molecule has 0 spiro atoms. The quantitative estimate of drug-likeness (QED) is 0.339. The highest BCUT2D eigenvalue weighted by atomic mass is 35.5. The highest BCUT2D eigenvalue weighted by Crippen LogP contribution is 2.44. The number of thioether (sulfide) groups is 1. The molecule has 0 aliphatic heterocycles. The number of aromatic nitrogens is 3. The van der Waals surface area contributed by atoms with E-state index < -0.39 is 5.82 Å². The molecule has 0 amide bonds. The monoisotopic (exact) mass is 438 g/mol. The normalized spacial score (nSPS) is 13.5. The van der Waals surface area contributed by atoms with E-state index in [1.165, 1.54) is 23.9 Å². The summed E-state index contributed by atoms with van der Waals surface area (Å²) < 4.78 is 15.9. The molecule has 3 rings (SSSR count). The van der Waals surface area contributed by atoms with Crippen molar-refractivity contribution in [1.82, 2.24) is 14.5 Å². The maximum absolute atomic E-state index is 13.9. The summed E-state index contributed by atoms with van der Waals surface area (Å²) in [6.07, 6.45) is 6.54. The molecule has 2 unspecified atom stereocenters. The van der Waals surface area contributed by atoms with E-state index in [4.69, 9.17) is 28.9 Å². The van der Waals surface area contributed by atoms with E-state index >= 15 is 0 Å². The van der Waals surface area contributed by atoms with E-state index in [2.05, 4.69) is 28.4 Å². The Morgan fingerprint density at radius 3 is 2.71 bits per heavy atom. The first kappa shape index (κ1) is 21.0. The van der Waals surface area contributed by atoms with Crippen LogP contribution in [-0.2, 0) is 0 Å². The van der Waals surface area contributed by atoms with Gasteiger partial charge in [0.05, 0.1) is 21.9 Å². The van der Waals surface area contributed by atoms with Crippen LogP contribution in [0.1, 0.15) is 44.0 Å². The van der Waals surface area contributed by atoms with Crippen LogP contribution < -0.4 is 5.73 Å². The van der Waals surface area contributed by atoms with Gasteiger partial charge in [-0.3, -0.25) is 0 Å². The van der Waals surface area contributed by atoms with Gasteiger partial charge in [0.2, 0.25) is 0 Å². The number of benzene rings is 1. The first-order chi connectivity index (χ1) is 13.3. The topological polar surface area (TPSA) is 56.7 Å². The summed E-state index contributed by atoms with van der Waals surface area (Å²) in [5.41, 5.74) is 8.30. The standard InChI is InChI=1S/C20H21Cl2FN4S/c1-4-11(2)27-9-16(26-10-27)13-7-17(20(24)25-8-13)28-12(3)18-14(21)5-6-15(23)19(18)22/h5-12H,4H2,1-3H3,(H2,24,25). The average Bonchev–Trinajstić information content (AvgIpc) is 3.16. The van der Waals surface area contributed by atoms with Gasteiger partial charge in [0, 0.05) is 39.8 Å². The molecule has 28 heavy (non-hydrogen) atoms. The number of nitrogens with zero attached hydrogens (tertiary/aromatic N) is 3. The number of nitrogen functional groups attached to an aromatic ring is 1. The summed E-state index contributed by atoms with van der Waals surface area (Å²) in [5.74, 6) is -0.102. The Bertz CT molecular complexity index is 992. The maximum Gasteiger partial charge on any atom is 0.142 e.